The van der Waals surface area contributed by atoms with Crippen LogP contribution < -0.4 is 11.5 Å². The van der Waals surface area contributed by atoms with Crippen molar-refractivity contribution in [3.8, 4) is 0 Å². The lowest BCUT2D eigenvalue weighted by molar-refractivity contribution is 0.0987. The molecule has 4 N–H and O–H groups in total. The summed E-state index contributed by atoms with van der Waals surface area (Å²) in [6.45, 7) is 0.739. The summed E-state index contributed by atoms with van der Waals surface area (Å²) in [6, 6.07) is 0. The van der Waals surface area contributed by atoms with Gasteiger partial charge in [0.2, 0.25) is 5.89 Å². The molecule has 0 spiro atoms. The van der Waals surface area contributed by atoms with Crippen molar-refractivity contribution in [2.45, 2.75) is 31.6 Å². The first-order chi connectivity index (χ1) is 7.70. The highest BCUT2D eigenvalue weighted by Gasteiger charge is 2.26. The highest BCUT2D eigenvalue weighted by Crippen LogP contribution is 2.34. The van der Waals surface area contributed by atoms with E-state index in [9.17, 15) is 4.79 Å². The van der Waals surface area contributed by atoms with E-state index in [2.05, 4.69) is 10.1 Å². The second kappa shape index (κ2) is 4.61. The van der Waals surface area contributed by atoms with Crippen LogP contribution in [0.3, 0.4) is 0 Å². The van der Waals surface area contributed by atoms with Gasteiger partial charge in [-0.3, -0.25) is 4.79 Å². The highest BCUT2D eigenvalue weighted by molar-refractivity contribution is 5.88. The second-order valence-electron chi connectivity index (χ2n) is 4.27. The van der Waals surface area contributed by atoms with Crippen LogP contribution in [0.2, 0.25) is 0 Å². The molecule has 16 heavy (non-hydrogen) atoms. The Bertz CT molecular complexity index is 369. The Balaban J connectivity index is 2.00. The number of carbonyl (C=O) groups is 1. The Morgan fingerprint density at radius 1 is 1.38 bits per heavy atom. The van der Waals surface area contributed by atoms with E-state index in [-0.39, 0.29) is 11.7 Å². The third kappa shape index (κ3) is 2.21. The van der Waals surface area contributed by atoms with Gasteiger partial charge in [-0.25, -0.2) is 0 Å². The topological polar surface area (TPSA) is 108 Å². The molecule has 1 amide bonds. The van der Waals surface area contributed by atoms with Crippen LogP contribution in [0, 0.1) is 5.92 Å². The van der Waals surface area contributed by atoms with Crippen LogP contribution in [0.15, 0.2) is 4.52 Å². The predicted octanol–water partition coefficient (Wildman–Crippen LogP) is 0.401. The second-order valence-corrected chi connectivity index (χ2v) is 4.27. The summed E-state index contributed by atoms with van der Waals surface area (Å²) in [5, 5.41) is 3.54. The van der Waals surface area contributed by atoms with Gasteiger partial charge in [-0.1, -0.05) is 5.16 Å². The van der Waals surface area contributed by atoms with E-state index in [1.807, 2.05) is 0 Å². The van der Waals surface area contributed by atoms with Crippen molar-refractivity contribution in [2.75, 3.05) is 6.54 Å². The molecule has 2 rings (SSSR count). The summed E-state index contributed by atoms with van der Waals surface area (Å²) >= 11 is 0. The molecule has 6 heteroatoms. The quantitative estimate of drug-likeness (QED) is 0.772. The first-order valence-electron chi connectivity index (χ1n) is 5.54. The zero-order valence-electron chi connectivity index (χ0n) is 9.06. The molecule has 0 atom stereocenters. The fraction of sp³-hybridized carbons (Fsp3) is 0.700. The van der Waals surface area contributed by atoms with Crippen LogP contribution in [0.4, 0.5) is 0 Å². The van der Waals surface area contributed by atoms with Gasteiger partial charge in [0, 0.05) is 5.92 Å². The summed E-state index contributed by atoms with van der Waals surface area (Å²) in [7, 11) is 0. The van der Waals surface area contributed by atoms with Crippen molar-refractivity contribution < 1.29 is 9.32 Å². The molecule has 1 aliphatic carbocycles. The monoisotopic (exact) mass is 224 g/mol. The number of nitrogens with zero attached hydrogens (tertiary/aromatic N) is 2. The normalized spacial score (nSPS) is 25.6. The maximum Gasteiger partial charge on any atom is 0.290 e. The van der Waals surface area contributed by atoms with Crippen LogP contribution in [0.25, 0.3) is 0 Å². The van der Waals surface area contributed by atoms with Gasteiger partial charge in [-0.15, -0.1) is 0 Å². The van der Waals surface area contributed by atoms with E-state index in [0.29, 0.717) is 11.8 Å². The average Bonchev–Trinajstić information content (AvgIpc) is 2.78. The third-order valence-electron chi connectivity index (χ3n) is 3.19. The number of aromatic nitrogens is 2. The van der Waals surface area contributed by atoms with E-state index in [1.54, 1.807) is 0 Å². The van der Waals surface area contributed by atoms with Gasteiger partial charge in [-0.05, 0) is 38.1 Å². The lowest BCUT2D eigenvalue weighted by Crippen LogP contribution is -2.20. The number of hydrogen-bond acceptors (Lipinski definition) is 5. The molecule has 0 aromatic carbocycles. The first kappa shape index (κ1) is 11.1. The van der Waals surface area contributed by atoms with Crippen molar-refractivity contribution in [2.24, 2.45) is 17.4 Å². The standard InChI is InChI=1S/C10H16N4O2/c11-5-6-1-3-7(4-2-6)10-13-9(8(12)15)14-16-10/h6-7H,1-5,11H2,(H2,12,15). The molecule has 6 nitrogen and oxygen atoms in total. The van der Waals surface area contributed by atoms with Crippen LogP contribution in [0.5, 0.6) is 0 Å². The zero-order valence-corrected chi connectivity index (χ0v) is 9.06. The van der Waals surface area contributed by atoms with E-state index in [4.69, 9.17) is 16.0 Å². The molecule has 0 unspecified atom stereocenters. The van der Waals surface area contributed by atoms with E-state index in [0.717, 1.165) is 32.2 Å². The van der Waals surface area contributed by atoms with Crippen molar-refractivity contribution in [3.63, 3.8) is 0 Å². The number of nitrogens with two attached hydrogens (primary N) is 2. The number of carbonyl (C=O) groups excluding carboxylic acids is 1. The van der Waals surface area contributed by atoms with Crippen molar-refractivity contribution in [1.82, 2.24) is 10.1 Å². The third-order valence-corrected chi connectivity index (χ3v) is 3.19. The van der Waals surface area contributed by atoms with Crippen molar-refractivity contribution >= 4 is 5.91 Å². The maximum absolute atomic E-state index is 10.8. The molecular weight excluding hydrogens is 208 g/mol. The fourth-order valence-electron chi connectivity index (χ4n) is 2.15. The fourth-order valence-corrected chi connectivity index (χ4v) is 2.15. The van der Waals surface area contributed by atoms with Gasteiger partial charge < -0.3 is 16.0 Å². The molecule has 1 saturated carbocycles. The maximum atomic E-state index is 10.8. The molecule has 0 aliphatic heterocycles. The van der Waals surface area contributed by atoms with Gasteiger partial charge in [-0.2, -0.15) is 4.98 Å². The number of amides is 1. The van der Waals surface area contributed by atoms with Gasteiger partial charge in [0.1, 0.15) is 0 Å². The largest absolute Gasteiger partial charge is 0.363 e. The number of rotatable bonds is 3. The Labute approximate surface area is 93.4 Å². The van der Waals surface area contributed by atoms with E-state index in [1.165, 1.54) is 0 Å². The van der Waals surface area contributed by atoms with Gasteiger partial charge >= 0.3 is 0 Å². The first-order valence-corrected chi connectivity index (χ1v) is 5.54. The van der Waals surface area contributed by atoms with Gasteiger partial charge in [0.25, 0.3) is 11.7 Å². The summed E-state index contributed by atoms with van der Waals surface area (Å²) in [6.07, 6.45) is 4.13. The molecule has 1 heterocycles. The summed E-state index contributed by atoms with van der Waals surface area (Å²) < 4.78 is 5.04. The zero-order chi connectivity index (χ0) is 11.5. The minimum absolute atomic E-state index is 0.0315. The molecule has 0 radical (unpaired) electrons. The van der Waals surface area contributed by atoms with Gasteiger partial charge in [0.05, 0.1) is 0 Å². The SMILES string of the molecule is NCC1CCC(c2nc(C(N)=O)no2)CC1. The smallest absolute Gasteiger partial charge is 0.290 e. The van der Waals surface area contributed by atoms with Crippen molar-refractivity contribution in [1.29, 1.82) is 0 Å². The van der Waals surface area contributed by atoms with E-state index < -0.39 is 5.91 Å². The molecule has 88 valence electrons. The summed E-state index contributed by atoms with van der Waals surface area (Å²) in [4.78, 5) is 14.8. The van der Waals surface area contributed by atoms with Crippen LogP contribution in [0.1, 0.15) is 48.1 Å². The molecule has 1 aliphatic rings. The van der Waals surface area contributed by atoms with Gasteiger partial charge in [0.15, 0.2) is 0 Å². The van der Waals surface area contributed by atoms with Crippen molar-refractivity contribution in [3.05, 3.63) is 11.7 Å². The van der Waals surface area contributed by atoms with Crippen LogP contribution in [-0.2, 0) is 0 Å². The lowest BCUT2D eigenvalue weighted by Gasteiger charge is -2.24. The van der Waals surface area contributed by atoms with E-state index >= 15 is 0 Å². The number of hydrogen-bond donors (Lipinski definition) is 2. The lowest BCUT2D eigenvalue weighted by atomic mass is 9.82. The Hall–Kier alpha value is -1.43. The molecule has 0 bridgehead atoms. The average molecular weight is 224 g/mol. The molecule has 1 aromatic rings. The Morgan fingerprint density at radius 2 is 2.06 bits per heavy atom. The summed E-state index contributed by atoms with van der Waals surface area (Å²) in [5.41, 5.74) is 10.7. The Kier molecular flexibility index (Phi) is 3.19. The van der Waals surface area contributed by atoms with Crippen LogP contribution in [-0.4, -0.2) is 22.6 Å². The highest BCUT2D eigenvalue weighted by atomic mass is 16.5. The minimum Gasteiger partial charge on any atom is -0.363 e. The minimum atomic E-state index is -0.648. The predicted molar refractivity (Wildman–Crippen MR) is 56.6 cm³/mol. The van der Waals surface area contributed by atoms with Crippen LogP contribution >= 0.6 is 0 Å². The molecule has 0 saturated heterocycles. The molecule has 1 fully saturated rings. The molecular formula is C10H16N4O2. The Morgan fingerprint density at radius 3 is 2.56 bits per heavy atom. The number of primary amides is 1. The summed E-state index contributed by atoms with van der Waals surface area (Å²) in [5.74, 6) is 0.712. The molecule has 1 aromatic heterocycles.